The number of hydrogen-bond donors (Lipinski definition) is 0. The molecule has 0 amide bonds. The molecule has 8 aromatic carbocycles. The Balaban J connectivity index is 1.28. The Morgan fingerprint density at radius 1 is 0.385 bits per heavy atom. The van der Waals surface area contributed by atoms with E-state index in [0.717, 1.165) is 70.6 Å². The van der Waals surface area contributed by atoms with Crippen LogP contribution in [0.15, 0.2) is 148 Å². The van der Waals surface area contributed by atoms with Crippen molar-refractivity contribution in [1.82, 2.24) is 15.0 Å². The quantitative estimate of drug-likeness (QED) is 0.186. The Morgan fingerprint density at radius 2 is 0.865 bits per heavy atom. The van der Waals surface area contributed by atoms with Gasteiger partial charge in [0.1, 0.15) is 34.0 Å². The van der Waals surface area contributed by atoms with Crippen LogP contribution in [0.25, 0.3) is 110 Å². The van der Waals surface area contributed by atoms with Gasteiger partial charge < -0.3 is 8.83 Å². The van der Waals surface area contributed by atoms with E-state index < -0.39 is 0 Å². The molecule has 0 aliphatic heterocycles. The molecule has 0 saturated carbocycles. The van der Waals surface area contributed by atoms with Crippen LogP contribution in [-0.2, 0) is 0 Å². The number of halogens is 2. The zero-order valence-electron chi connectivity index (χ0n) is 27.2. The second-order valence-electron chi connectivity index (χ2n) is 13.1. The van der Waals surface area contributed by atoms with Crippen LogP contribution in [-0.4, -0.2) is 15.0 Å². The van der Waals surface area contributed by atoms with Crippen LogP contribution in [0.2, 0.25) is 0 Å². The maximum absolute atomic E-state index is 14.5. The van der Waals surface area contributed by atoms with E-state index in [-0.39, 0.29) is 11.6 Å². The maximum Gasteiger partial charge on any atom is 0.164 e. The van der Waals surface area contributed by atoms with Crippen LogP contribution in [0, 0.1) is 11.6 Å². The van der Waals surface area contributed by atoms with Gasteiger partial charge in [-0.2, -0.15) is 0 Å². The first-order valence-corrected chi connectivity index (χ1v) is 16.9. The molecule has 0 spiro atoms. The summed E-state index contributed by atoms with van der Waals surface area (Å²) in [6.45, 7) is 0. The number of hydrogen-bond acceptors (Lipinski definition) is 5. The molecule has 0 aliphatic rings. The molecule has 0 bridgehead atoms. The van der Waals surface area contributed by atoms with E-state index in [1.807, 2.05) is 66.7 Å². The first-order chi connectivity index (χ1) is 25.6. The van der Waals surface area contributed by atoms with Gasteiger partial charge in [-0.3, -0.25) is 0 Å². The smallest absolute Gasteiger partial charge is 0.164 e. The third-order valence-corrected chi connectivity index (χ3v) is 9.98. The van der Waals surface area contributed by atoms with Crippen LogP contribution in [0.3, 0.4) is 0 Å². The molecule has 0 aliphatic carbocycles. The molecule has 5 nitrogen and oxygen atoms in total. The summed E-state index contributed by atoms with van der Waals surface area (Å²) in [7, 11) is 0. The van der Waals surface area contributed by atoms with Gasteiger partial charge in [-0.15, -0.1) is 0 Å². The number of furan rings is 2. The van der Waals surface area contributed by atoms with E-state index in [4.69, 9.17) is 23.8 Å². The van der Waals surface area contributed by atoms with Crippen molar-refractivity contribution in [3.63, 3.8) is 0 Å². The van der Waals surface area contributed by atoms with Gasteiger partial charge in [0.05, 0.1) is 0 Å². The van der Waals surface area contributed by atoms with Crippen LogP contribution >= 0.6 is 0 Å². The van der Waals surface area contributed by atoms with Crippen molar-refractivity contribution in [2.45, 2.75) is 0 Å². The van der Waals surface area contributed by atoms with Gasteiger partial charge >= 0.3 is 0 Å². The summed E-state index contributed by atoms with van der Waals surface area (Å²) < 4.78 is 41.8. The number of nitrogens with zero attached hydrogens (tertiary/aromatic N) is 3. The van der Waals surface area contributed by atoms with Crippen molar-refractivity contribution < 1.29 is 17.6 Å². The number of aromatic nitrogens is 3. The minimum absolute atomic E-state index is 0.383. The minimum atomic E-state index is -0.383. The Morgan fingerprint density at radius 3 is 1.42 bits per heavy atom. The summed E-state index contributed by atoms with van der Waals surface area (Å²) in [6.07, 6.45) is 0. The standard InChI is InChI=1S/C45H23F2N3O2/c46-29-15-17-33-37(22-29)51-41-31-11-5-3-9-26(31)20-35(39(33)41)44-48-43(28-14-13-24-7-1-2-8-25(24)19-28)49-45(50-44)36-21-27-10-4-6-12-32(27)42-40(36)34-18-16-30(47)23-38(34)52-42/h1-23H. The molecule has 0 N–H and O–H groups in total. The van der Waals surface area contributed by atoms with Gasteiger partial charge in [0, 0.05) is 61.1 Å². The van der Waals surface area contributed by atoms with E-state index in [0.29, 0.717) is 39.8 Å². The highest BCUT2D eigenvalue weighted by molar-refractivity contribution is 6.22. The fraction of sp³-hybridized carbons (Fsp3) is 0. The number of rotatable bonds is 3. The third-order valence-electron chi connectivity index (χ3n) is 9.98. The highest BCUT2D eigenvalue weighted by Gasteiger charge is 2.23. The monoisotopic (exact) mass is 675 g/mol. The van der Waals surface area contributed by atoms with E-state index >= 15 is 0 Å². The van der Waals surface area contributed by atoms with Gasteiger partial charge in [-0.25, -0.2) is 23.7 Å². The fourth-order valence-corrected chi connectivity index (χ4v) is 7.60. The second kappa shape index (κ2) is 10.8. The summed E-state index contributed by atoms with van der Waals surface area (Å²) in [5.41, 5.74) is 4.38. The predicted molar refractivity (Wildman–Crippen MR) is 203 cm³/mol. The van der Waals surface area contributed by atoms with E-state index in [9.17, 15) is 8.78 Å². The lowest BCUT2D eigenvalue weighted by Gasteiger charge is -2.12. The van der Waals surface area contributed by atoms with Crippen LogP contribution in [0.1, 0.15) is 0 Å². The minimum Gasteiger partial charge on any atom is -0.455 e. The van der Waals surface area contributed by atoms with Crippen molar-refractivity contribution in [3.8, 4) is 34.2 Å². The van der Waals surface area contributed by atoms with Crippen molar-refractivity contribution in [2.24, 2.45) is 0 Å². The molecule has 0 fully saturated rings. The van der Waals surface area contributed by atoms with E-state index in [2.05, 4.69) is 36.4 Å². The van der Waals surface area contributed by atoms with Crippen LogP contribution in [0.4, 0.5) is 8.78 Å². The molecular weight excluding hydrogens is 653 g/mol. The Labute approximate surface area is 293 Å². The largest absolute Gasteiger partial charge is 0.455 e. The predicted octanol–water partition coefficient (Wildman–Crippen LogP) is 12.4. The highest BCUT2D eigenvalue weighted by Crippen LogP contribution is 2.44. The third kappa shape index (κ3) is 4.29. The van der Waals surface area contributed by atoms with Crippen LogP contribution < -0.4 is 0 Å². The van der Waals surface area contributed by atoms with Crippen molar-refractivity contribution in [2.75, 3.05) is 0 Å². The molecule has 0 saturated heterocycles. The summed E-state index contributed by atoms with van der Waals surface area (Å²) in [5.74, 6) is 0.565. The molecule has 0 radical (unpaired) electrons. The summed E-state index contributed by atoms with van der Waals surface area (Å²) in [6, 6.07) is 43.5. The van der Waals surface area contributed by atoms with Gasteiger partial charge in [0.2, 0.25) is 0 Å². The van der Waals surface area contributed by atoms with E-state index in [1.54, 1.807) is 12.1 Å². The SMILES string of the molecule is Fc1ccc2c(c1)oc1c3ccccc3cc(-c3nc(-c4ccc5ccccc5c4)nc(-c4cc5ccccc5c5oc6cc(F)ccc6c45)n3)c21. The molecule has 52 heavy (non-hydrogen) atoms. The normalized spacial score (nSPS) is 12.0. The topological polar surface area (TPSA) is 65.0 Å². The van der Waals surface area contributed by atoms with Gasteiger partial charge in [-0.1, -0.05) is 84.9 Å². The Kier molecular flexibility index (Phi) is 5.96. The number of fused-ring (bicyclic) bond motifs is 11. The Hall–Kier alpha value is -6.99. The zero-order chi connectivity index (χ0) is 34.5. The van der Waals surface area contributed by atoms with Crippen molar-refractivity contribution in [3.05, 3.63) is 151 Å². The van der Waals surface area contributed by atoms with Crippen LogP contribution in [0.5, 0.6) is 0 Å². The average molecular weight is 676 g/mol. The molecule has 0 unspecified atom stereocenters. The van der Waals surface area contributed by atoms with E-state index in [1.165, 1.54) is 24.3 Å². The summed E-state index contributed by atoms with van der Waals surface area (Å²) in [5, 5.41) is 8.86. The van der Waals surface area contributed by atoms with Gasteiger partial charge in [0.15, 0.2) is 17.5 Å². The highest BCUT2D eigenvalue weighted by atomic mass is 19.1. The molecule has 11 rings (SSSR count). The second-order valence-corrected chi connectivity index (χ2v) is 13.1. The lowest BCUT2D eigenvalue weighted by Crippen LogP contribution is -2.01. The lowest BCUT2D eigenvalue weighted by molar-refractivity contribution is 0.618. The first-order valence-electron chi connectivity index (χ1n) is 16.9. The molecule has 3 aromatic heterocycles. The van der Waals surface area contributed by atoms with Crippen molar-refractivity contribution in [1.29, 1.82) is 0 Å². The fourth-order valence-electron chi connectivity index (χ4n) is 7.60. The zero-order valence-corrected chi connectivity index (χ0v) is 27.2. The maximum atomic E-state index is 14.5. The Bertz CT molecular complexity index is 3110. The van der Waals surface area contributed by atoms with Crippen molar-refractivity contribution >= 4 is 76.2 Å². The molecule has 7 heteroatoms. The molecule has 244 valence electrons. The van der Waals surface area contributed by atoms with Gasteiger partial charge in [-0.05, 0) is 64.0 Å². The van der Waals surface area contributed by atoms with Gasteiger partial charge in [0.25, 0.3) is 0 Å². The molecular formula is C45H23F2N3O2. The number of benzene rings is 8. The lowest BCUT2D eigenvalue weighted by atomic mass is 9.98. The molecule has 3 heterocycles. The molecule has 0 atom stereocenters. The molecule has 11 aromatic rings. The average Bonchev–Trinajstić information content (AvgIpc) is 3.75. The summed E-state index contributed by atoms with van der Waals surface area (Å²) >= 11 is 0. The first kappa shape index (κ1) is 28.8. The summed E-state index contributed by atoms with van der Waals surface area (Å²) in [4.78, 5) is 15.6.